The van der Waals surface area contributed by atoms with Crippen LogP contribution in [0.3, 0.4) is 0 Å². The van der Waals surface area contributed by atoms with Gasteiger partial charge in [-0.15, -0.1) is 0 Å². The topological polar surface area (TPSA) is 82.2 Å². The maximum absolute atomic E-state index is 14.6. The van der Waals surface area contributed by atoms with E-state index in [1.165, 1.54) is 19.2 Å². The van der Waals surface area contributed by atoms with Crippen molar-refractivity contribution in [1.82, 2.24) is 19.8 Å². The van der Waals surface area contributed by atoms with Crippen molar-refractivity contribution in [2.24, 2.45) is 7.05 Å². The molecule has 1 heterocycles. The summed E-state index contributed by atoms with van der Waals surface area (Å²) in [6.45, 7) is 5.59. The molecule has 0 atom stereocenters. The number of hydrogen-bond acceptors (Lipinski definition) is 5. The van der Waals surface area contributed by atoms with E-state index in [4.69, 9.17) is 12.6 Å². The number of aliphatic hydroxyl groups excluding tert-OH is 1. The first-order chi connectivity index (χ1) is 11.5. The molecule has 25 heavy (non-hydrogen) atoms. The number of tetrazole rings is 1. The molecule has 0 amide bonds. The van der Waals surface area contributed by atoms with Gasteiger partial charge in [-0.1, -0.05) is 20.8 Å². The van der Waals surface area contributed by atoms with E-state index >= 15 is 0 Å². The summed E-state index contributed by atoms with van der Waals surface area (Å²) in [5.74, 6) is -0.380. The second kappa shape index (κ2) is 5.69. The van der Waals surface area contributed by atoms with Crippen LogP contribution in [-0.2, 0) is 12.5 Å². The third-order valence-electron chi connectivity index (χ3n) is 4.28. The fraction of sp³-hybridized carbons (Fsp3) is 0.562. The summed E-state index contributed by atoms with van der Waals surface area (Å²) in [6, 6.07) is 2.73. The molecule has 1 aromatic heterocycles. The van der Waals surface area contributed by atoms with E-state index < -0.39 is 28.5 Å². The Morgan fingerprint density at radius 1 is 1.36 bits per heavy atom. The van der Waals surface area contributed by atoms with Crippen LogP contribution in [0.25, 0.3) is 5.69 Å². The molecule has 2 radical (unpaired) electrons. The first-order valence-corrected chi connectivity index (χ1v) is 7.99. The number of benzene rings is 1. The first-order valence-electron chi connectivity index (χ1n) is 7.99. The molecule has 1 aromatic carbocycles. The van der Waals surface area contributed by atoms with Gasteiger partial charge in [0.2, 0.25) is 0 Å². The van der Waals surface area contributed by atoms with E-state index in [0.29, 0.717) is 5.56 Å². The lowest BCUT2D eigenvalue weighted by Crippen LogP contribution is -2.52. The van der Waals surface area contributed by atoms with Gasteiger partial charge in [0, 0.05) is 26.0 Å². The van der Waals surface area contributed by atoms with Crippen LogP contribution in [0, 0.1) is 5.82 Å². The van der Waals surface area contributed by atoms with Gasteiger partial charge in [-0.05, 0) is 27.5 Å². The van der Waals surface area contributed by atoms with Crippen LogP contribution < -0.4 is 10.4 Å². The maximum atomic E-state index is 14.6. The quantitative estimate of drug-likeness (QED) is 0.832. The number of hydrogen-bond donors (Lipinski definition) is 1. The molecule has 0 unspecified atom stereocenters. The van der Waals surface area contributed by atoms with Crippen LogP contribution in [0.5, 0.6) is 5.75 Å². The van der Waals surface area contributed by atoms with Crippen molar-refractivity contribution in [3.05, 3.63) is 34.0 Å². The number of nitrogens with zero attached hydrogens (tertiary/aromatic N) is 4. The van der Waals surface area contributed by atoms with E-state index in [1.807, 2.05) is 20.8 Å². The molecule has 0 aliphatic heterocycles. The summed E-state index contributed by atoms with van der Waals surface area (Å²) in [5, 5.41) is 17.0. The van der Waals surface area contributed by atoms with Crippen molar-refractivity contribution in [2.45, 2.75) is 50.6 Å². The molecule has 7 nitrogen and oxygen atoms in total. The Hall–Kier alpha value is -2.16. The Morgan fingerprint density at radius 2 is 2.00 bits per heavy atom. The van der Waals surface area contributed by atoms with E-state index in [2.05, 4.69) is 10.4 Å². The summed E-state index contributed by atoms with van der Waals surface area (Å²) in [7, 11) is 7.52. The number of aliphatic hydroxyl groups is 1. The van der Waals surface area contributed by atoms with Crippen LogP contribution >= 0.6 is 0 Å². The van der Waals surface area contributed by atoms with Crippen molar-refractivity contribution in [3.63, 3.8) is 0 Å². The highest BCUT2D eigenvalue weighted by Crippen LogP contribution is 2.38. The average molecular weight is 346 g/mol. The minimum absolute atomic E-state index is 0.0856. The largest absolute Gasteiger partial charge is 0.495 e. The average Bonchev–Trinajstić information content (AvgIpc) is 2.76. The number of aromatic nitrogens is 4. The smallest absolute Gasteiger partial charge is 0.368 e. The molecule has 1 saturated carbocycles. The Morgan fingerprint density at radius 3 is 2.48 bits per heavy atom. The molecular weight excluding hydrogens is 326 g/mol. The van der Waals surface area contributed by atoms with Crippen molar-refractivity contribution < 1.29 is 14.2 Å². The summed E-state index contributed by atoms with van der Waals surface area (Å²) >= 11 is 0. The molecule has 132 valence electrons. The third-order valence-corrected chi connectivity index (χ3v) is 4.28. The van der Waals surface area contributed by atoms with Crippen LogP contribution in [0.15, 0.2) is 16.9 Å². The number of ether oxygens (including phenoxy) is 1. The molecule has 3 rings (SSSR count). The molecule has 1 aliphatic carbocycles. The predicted molar refractivity (Wildman–Crippen MR) is 89.6 cm³/mol. The van der Waals surface area contributed by atoms with Gasteiger partial charge in [-0.2, -0.15) is 9.36 Å². The lowest BCUT2D eigenvalue weighted by molar-refractivity contribution is -0.0398. The van der Waals surface area contributed by atoms with E-state index in [0.717, 1.165) is 9.36 Å². The SMILES string of the molecule is [B]C1(Oc2cc(F)c(C(C)(C)C)cc2-n2nnn(C)c2=O)CC(O)C1. The lowest BCUT2D eigenvalue weighted by Gasteiger charge is -2.43. The Kier molecular flexibility index (Phi) is 4.02. The molecule has 1 fully saturated rings. The first kappa shape index (κ1) is 17.7. The summed E-state index contributed by atoms with van der Waals surface area (Å²) in [4.78, 5) is 12.2. The fourth-order valence-corrected chi connectivity index (χ4v) is 2.87. The molecule has 1 N–H and O–H groups in total. The standard InChI is InChI=1S/C16H20BFN4O3/c1-15(2,3)10-5-12(22-14(24)21(4)19-20-22)13(6-11(10)18)25-16(17)7-9(23)8-16/h5-6,9,23H,7-8H2,1-4H3. The second-order valence-electron chi connectivity index (χ2n) is 7.58. The monoisotopic (exact) mass is 346 g/mol. The lowest BCUT2D eigenvalue weighted by atomic mass is 9.64. The van der Waals surface area contributed by atoms with Gasteiger partial charge < -0.3 is 9.84 Å². The predicted octanol–water partition coefficient (Wildman–Crippen LogP) is 0.801. The van der Waals surface area contributed by atoms with Crippen LogP contribution in [0.1, 0.15) is 39.2 Å². The summed E-state index contributed by atoms with van der Waals surface area (Å²) < 4.78 is 22.5. The van der Waals surface area contributed by atoms with Gasteiger partial charge in [-0.3, -0.25) is 0 Å². The van der Waals surface area contributed by atoms with Gasteiger partial charge >= 0.3 is 5.69 Å². The highest BCUT2D eigenvalue weighted by atomic mass is 19.1. The van der Waals surface area contributed by atoms with Crippen molar-refractivity contribution in [3.8, 4) is 11.4 Å². The van der Waals surface area contributed by atoms with Crippen molar-refractivity contribution >= 4 is 7.85 Å². The van der Waals surface area contributed by atoms with Gasteiger partial charge in [0.1, 0.15) is 25.1 Å². The van der Waals surface area contributed by atoms with Gasteiger partial charge in [0.25, 0.3) is 0 Å². The van der Waals surface area contributed by atoms with E-state index in [1.54, 1.807) is 0 Å². The van der Waals surface area contributed by atoms with Crippen LogP contribution in [0.2, 0.25) is 0 Å². The molecule has 1 aliphatic rings. The van der Waals surface area contributed by atoms with Crippen LogP contribution in [0.4, 0.5) is 4.39 Å². The Labute approximate surface area is 145 Å². The number of halogens is 1. The summed E-state index contributed by atoms with van der Waals surface area (Å²) in [5.41, 5.74) is -1.41. The number of aryl methyl sites for hydroxylation is 1. The zero-order chi connectivity index (χ0) is 18.6. The van der Waals surface area contributed by atoms with Gasteiger partial charge in [0.15, 0.2) is 0 Å². The van der Waals surface area contributed by atoms with Crippen LogP contribution in [-0.4, -0.2) is 44.3 Å². The molecule has 0 bridgehead atoms. The fourth-order valence-electron chi connectivity index (χ4n) is 2.87. The highest BCUT2D eigenvalue weighted by Gasteiger charge is 2.41. The Balaban J connectivity index is 2.15. The van der Waals surface area contributed by atoms with Gasteiger partial charge in [0.05, 0.1) is 11.6 Å². The zero-order valence-electron chi connectivity index (χ0n) is 14.7. The molecule has 2 aromatic rings. The number of rotatable bonds is 3. The van der Waals surface area contributed by atoms with Crippen molar-refractivity contribution in [1.29, 1.82) is 0 Å². The van der Waals surface area contributed by atoms with Gasteiger partial charge in [-0.25, -0.2) is 9.18 Å². The third kappa shape index (κ3) is 3.20. The van der Waals surface area contributed by atoms with E-state index in [-0.39, 0.29) is 24.3 Å². The molecule has 0 saturated heterocycles. The summed E-state index contributed by atoms with van der Waals surface area (Å²) in [6.07, 6.45) is -0.0964. The minimum Gasteiger partial charge on any atom is -0.495 e. The highest BCUT2D eigenvalue weighted by molar-refractivity contribution is 6.15. The second-order valence-corrected chi connectivity index (χ2v) is 7.58. The normalized spacial score (nSPS) is 23.4. The van der Waals surface area contributed by atoms with Crippen molar-refractivity contribution in [2.75, 3.05) is 0 Å². The minimum atomic E-state index is -1.10. The molecule has 0 spiro atoms. The Bertz CT molecular complexity index is 865. The van der Waals surface area contributed by atoms with E-state index in [9.17, 15) is 14.3 Å². The zero-order valence-corrected chi connectivity index (χ0v) is 14.7. The maximum Gasteiger partial charge on any atom is 0.368 e. The molecular formula is C16H20BFN4O3. The molecule has 9 heteroatoms.